The van der Waals surface area contributed by atoms with Gasteiger partial charge in [-0.15, -0.1) is 0 Å². The summed E-state index contributed by atoms with van der Waals surface area (Å²) >= 11 is 0. The minimum Gasteiger partial charge on any atom is -0.478 e. The Bertz CT molecular complexity index is 187. The molecular formula is C8H13NO2. The van der Waals surface area contributed by atoms with Gasteiger partial charge in [0, 0.05) is 5.57 Å². The van der Waals surface area contributed by atoms with Gasteiger partial charge in [0.25, 0.3) is 0 Å². The third kappa shape index (κ3) is 2.05. The molecule has 0 heterocycles. The fourth-order valence-corrected chi connectivity index (χ4v) is 1.30. The maximum Gasteiger partial charge on any atom is 0.331 e. The predicted molar refractivity (Wildman–Crippen MR) is 42.1 cm³/mol. The Hall–Kier alpha value is -0.830. The molecule has 1 aliphatic rings. The second-order valence-corrected chi connectivity index (χ2v) is 2.91. The molecule has 1 aliphatic carbocycles. The first-order valence-electron chi connectivity index (χ1n) is 3.86. The fraction of sp³-hybridized carbons (Fsp3) is 0.625. The number of allylic oxidation sites excluding steroid dienone is 1. The van der Waals surface area contributed by atoms with Crippen LogP contribution < -0.4 is 5.73 Å². The molecule has 1 atom stereocenters. The zero-order valence-corrected chi connectivity index (χ0v) is 6.42. The van der Waals surface area contributed by atoms with E-state index >= 15 is 0 Å². The lowest BCUT2D eigenvalue weighted by Gasteiger charge is -2.17. The first-order chi connectivity index (χ1) is 5.24. The van der Waals surface area contributed by atoms with Crippen LogP contribution in [0.5, 0.6) is 0 Å². The topological polar surface area (TPSA) is 63.3 Å². The van der Waals surface area contributed by atoms with E-state index in [1.165, 1.54) is 0 Å². The molecule has 0 aromatic carbocycles. The maximum absolute atomic E-state index is 10.4. The molecule has 11 heavy (non-hydrogen) atoms. The van der Waals surface area contributed by atoms with Crippen molar-refractivity contribution < 1.29 is 9.90 Å². The van der Waals surface area contributed by atoms with Crippen LogP contribution in [0.15, 0.2) is 11.6 Å². The molecule has 3 heteroatoms. The zero-order chi connectivity index (χ0) is 8.27. The second kappa shape index (κ2) is 3.53. The predicted octanol–water partition coefficient (Wildman–Crippen LogP) is 0.756. The summed E-state index contributed by atoms with van der Waals surface area (Å²) < 4.78 is 0. The van der Waals surface area contributed by atoms with Gasteiger partial charge in [0.05, 0.1) is 0 Å². The van der Waals surface area contributed by atoms with Gasteiger partial charge in [-0.05, 0) is 31.7 Å². The molecular weight excluding hydrogens is 142 g/mol. The molecule has 0 aromatic rings. The summed E-state index contributed by atoms with van der Waals surface area (Å²) in [6, 6.07) is 0. The van der Waals surface area contributed by atoms with Crippen molar-refractivity contribution in [2.45, 2.75) is 19.3 Å². The van der Waals surface area contributed by atoms with Gasteiger partial charge in [-0.1, -0.05) is 6.08 Å². The van der Waals surface area contributed by atoms with E-state index in [1.807, 2.05) is 0 Å². The van der Waals surface area contributed by atoms with E-state index in [1.54, 1.807) is 6.08 Å². The Labute approximate surface area is 65.9 Å². The molecule has 0 fully saturated rings. The van der Waals surface area contributed by atoms with Crippen LogP contribution in [0.2, 0.25) is 0 Å². The third-order valence-electron chi connectivity index (χ3n) is 2.13. The molecule has 62 valence electrons. The highest BCUT2D eigenvalue weighted by molar-refractivity contribution is 5.86. The highest BCUT2D eigenvalue weighted by Crippen LogP contribution is 2.22. The van der Waals surface area contributed by atoms with Gasteiger partial charge in [-0.3, -0.25) is 0 Å². The molecule has 0 unspecified atom stereocenters. The van der Waals surface area contributed by atoms with E-state index in [4.69, 9.17) is 10.8 Å². The van der Waals surface area contributed by atoms with Crippen molar-refractivity contribution in [1.29, 1.82) is 0 Å². The minimum atomic E-state index is -0.777. The van der Waals surface area contributed by atoms with E-state index in [9.17, 15) is 4.79 Å². The van der Waals surface area contributed by atoms with Gasteiger partial charge in [0.1, 0.15) is 0 Å². The third-order valence-corrected chi connectivity index (χ3v) is 2.13. The lowest BCUT2D eigenvalue weighted by atomic mass is 9.90. The number of hydrogen-bond acceptors (Lipinski definition) is 2. The van der Waals surface area contributed by atoms with Crippen molar-refractivity contribution in [2.24, 2.45) is 11.7 Å². The molecule has 0 radical (unpaired) electrons. The molecule has 0 spiro atoms. The molecule has 0 bridgehead atoms. The van der Waals surface area contributed by atoms with Gasteiger partial charge in [-0.25, -0.2) is 4.79 Å². The number of carbonyl (C=O) groups is 1. The van der Waals surface area contributed by atoms with Gasteiger partial charge in [0.15, 0.2) is 0 Å². The van der Waals surface area contributed by atoms with Gasteiger partial charge in [-0.2, -0.15) is 0 Å². The van der Waals surface area contributed by atoms with E-state index < -0.39 is 5.97 Å². The van der Waals surface area contributed by atoms with Crippen LogP contribution in [0.1, 0.15) is 19.3 Å². The van der Waals surface area contributed by atoms with Crippen molar-refractivity contribution in [2.75, 3.05) is 6.54 Å². The van der Waals surface area contributed by atoms with E-state index in [0.717, 1.165) is 12.8 Å². The Balaban J connectivity index is 2.50. The summed E-state index contributed by atoms with van der Waals surface area (Å²) in [5, 5.41) is 8.60. The monoisotopic (exact) mass is 155 g/mol. The fourth-order valence-electron chi connectivity index (χ4n) is 1.30. The minimum absolute atomic E-state index is 0.498. The summed E-state index contributed by atoms with van der Waals surface area (Å²) in [7, 11) is 0. The first kappa shape index (κ1) is 8.27. The second-order valence-electron chi connectivity index (χ2n) is 2.91. The maximum atomic E-state index is 10.4. The average Bonchev–Trinajstić information content (AvgIpc) is 2.05. The number of carboxylic acid groups (broad SMARTS) is 1. The molecule has 1 rings (SSSR count). The standard InChI is InChI=1S/C8H13NO2/c9-5-6-1-3-7(4-2-6)8(10)11/h3,6H,1-2,4-5,9H2,(H,10,11)/t6-/m0/s1. The van der Waals surface area contributed by atoms with Crippen LogP contribution in [0.4, 0.5) is 0 Å². The van der Waals surface area contributed by atoms with Crippen molar-refractivity contribution in [3.8, 4) is 0 Å². The lowest BCUT2D eigenvalue weighted by molar-refractivity contribution is -0.132. The van der Waals surface area contributed by atoms with Crippen molar-refractivity contribution in [3.63, 3.8) is 0 Å². The molecule has 0 amide bonds. The number of carboxylic acids is 1. The number of rotatable bonds is 2. The molecule has 3 N–H and O–H groups in total. The van der Waals surface area contributed by atoms with Crippen LogP contribution >= 0.6 is 0 Å². The van der Waals surface area contributed by atoms with Gasteiger partial charge in [0.2, 0.25) is 0 Å². The summed E-state index contributed by atoms with van der Waals surface area (Å²) in [4.78, 5) is 10.4. The number of nitrogens with two attached hydrogens (primary N) is 1. The normalized spacial score (nSPS) is 24.5. The van der Waals surface area contributed by atoms with Crippen molar-refractivity contribution in [3.05, 3.63) is 11.6 Å². The highest BCUT2D eigenvalue weighted by Gasteiger charge is 2.16. The van der Waals surface area contributed by atoms with Crippen LogP contribution in [0, 0.1) is 5.92 Å². The Morgan fingerprint density at radius 3 is 2.91 bits per heavy atom. The Morgan fingerprint density at radius 1 is 1.82 bits per heavy atom. The summed E-state index contributed by atoms with van der Waals surface area (Å²) in [6.45, 7) is 0.670. The van der Waals surface area contributed by atoms with Crippen LogP contribution in [-0.4, -0.2) is 17.6 Å². The largest absolute Gasteiger partial charge is 0.478 e. The van der Waals surface area contributed by atoms with Crippen molar-refractivity contribution >= 4 is 5.97 Å². The summed E-state index contributed by atoms with van der Waals surface area (Å²) in [5.41, 5.74) is 6.00. The Morgan fingerprint density at radius 2 is 2.55 bits per heavy atom. The molecule has 0 aromatic heterocycles. The quantitative estimate of drug-likeness (QED) is 0.618. The number of aliphatic carboxylic acids is 1. The van der Waals surface area contributed by atoms with Crippen molar-refractivity contribution in [1.82, 2.24) is 0 Å². The molecule has 0 aliphatic heterocycles. The van der Waals surface area contributed by atoms with Crippen LogP contribution in [0.3, 0.4) is 0 Å². The van der Waals surface area contributed by atoms with Crippen LogP contribution in [-0.2, 0) is 4.79 Å². The van der Waals surface area contributed by atoms with Crippen LogP contribution in [0.25, 0.3) is 0 Å². The van der Waals surface area contributed by atoms with Gasteiger partial charge >= 0.3 is 5.97 Å². The SMILES string of the molecule is NC[C@H]1CC=C(C(=O)O)CC1. The average molecular weight is 155 g/mol. The zero-order valence-electron chi connectivity index (χ0n) is 6.42. The smallest absolute Gasteiger partial charge is 0.331 e. The van der Waals surface area contributed by atoms with E-state index in [0.29, 0.717) is 24.5 Å². The number of hydrogen-bond donors (Lipinski definition) is 2. The summed E-state index contributed by atoms with van der Waals surface area (Å²) in [6.07, 6.45) is 4.23. The lowest BCUT2D eigenvalue weighted by Crippen LogP contribution is -2.18. The first-order valence-corrected chi connectivity index (χ1v) is 3.86. The molecule has 3 nitrogen and oxygen atoms in total. The van der Waals surface area contributed by atoms with E-state index in [2.05, 4.69) is 0 Å². The van der Waals surface area contributed by atoms with Gasteiger partial charge < -0.3 is 10.8 Å². The summed E-state index contributed by atoms with van der Waals surface area (Å²) in [5.74, 6) is -0.279. The molecule has 0 saturated carbocycles. The highest BCUT2D eigenvalue weighted by atomic mass is 16.4. The molecule has 0 saturated heterocycles. The Kier molecular flexibility index (Phi) is 2.65. The van der Waals surface area contributed by atoms with E-state index in [-0.39, 0.29) is 0 Å².